The lowest BCUT2D eigenvalue weighted by Crippen LogP contribution is -2.31. The van der Waals surface area contributed by atoms with Crippen LogP contribution in [0.3, 0.4) is 0 Å². The molecule has 2 aromatic rings. The van der Waals surface area contributed by atoms with Gasteiger partial charge in [0.25, 0.3) is 0 Å². The predicted molar refractivity (Wildman–Crippen MR) is 93.4 cm³/mol. The summed E-state index contributed by atoms with van der Waals surface area (Å²) in [5.74, 6) is -0.334. The van der Waals surface area contributed by atoms with Gasteiger partial charge in [-0.15, -0.1) is 11.8 Å². The van der Waals surface area contributed by atoms with E-state index in [1.165, 1.54) is 22.2 Å². The van der Waals surface area contributed by atoms with E-state index >= 15 is 0 Å². The zero-order valence-electron chi connectivity index (χ0n) is 12.9. The molecule has 0 saturated carbocycles. The van der Waals surface area contributed by atoms with E-state index in [9.17, 15) is 9.59 Å². The number of para-hydroxylation sites is 1. The van der Waals surface area contributed by atoms with Gasteiger partial charge in [0, 0.05) is 17.0 Å². The largest absolute Gasteiger partial charge is 0.398 e. The van der Waals surface area contributed by atoms with Gasteiger partial charge in [0.15, 0.2) is 0 Å². The van der Waals surface area contributed by atoms with E-state index in [4.69, 9.17) is 5.73 Å². The number of carbonyl (C=O) groups is 2. The van der Waals surface area contributed by atoms with Gasteiger partial charge in [-0.25, -0.2) is 4.90 Å². The molecule has 2 aromatic carbocycles. The maximum absolute atomic E-state index is 12.6. The number of hydrogen-bond donors (Lipinski definition) is 1. The standard InChI is InChI=1S/C18H18N2O2S/c1-2-12-7-9-13(10-8-12)20-17(21)11-16(18(20)22)23-15-6-4-3-5-14(15)19/h3-10,16H,2,11,19H2,1H3/t16-/m0/s1. The number of rotatable bonds is 4. The van der Waals surface area contributed by atoms with E-state index in [0.29, 0.717) is 11.4 Å². The van der Waals surface area contributed by atoms with E-state index in [2.05, 4.69) is 6.92 Å². The van der Waals surface area contributed by atoms with E-state index in [1.54, 1.807) is 6.07 Å². The van der Waals surface area contributed by atoms with Gasteiger partial charge in [0.2, 0.25) is 11.8 Å². The number of nitrogens with zero attached hydrogens (tertiary/aromatic N) is 1. The monoisotopic (exact) mass is 326 g/mol. The van der Waals surface area contributed by atoms with Crippen LogP contribution in [-0.2, 0) is 16.0 Å². The Labute approximate surface area is 139 Å². The number of hydrogen-bond acceptors (Lipinski definition) is 4. The van der Waals surface area contributed by atoms with E-state index in [-0.39, 0.29) is 18.2 Å². The lowest BCUT2D eigenvalue weighted by molar-refractivity contribution is -0.121. The zero-order chi connectivity index (χ0) is 16.4. The van der Waals surface area contributed by atoms with Crippen LogP contribution in [0.2, 0.25) is 0 Å². The average molecular weight is 326 g/mol. The number of benzene rings is 2. The highest BCUT2D eigenvalue weighted by Crippen LogP contribution is 2.36. The number of anilines is 2. The highest BCUT2D eigenvalue weighted by Gasteiger charge is 2.40. The van der Waals surface area contributed by atoms with Crippen molar-refractivity contribution in [2.24, 2.45) is 0 Å². The third kappa shape index (κ3) is 3.10. The fraction of sp³-hybridized carbons (Fsp3) is 0.222. The highest BCUT2D eigenvalue weighted by atomic mass is 32.2. The van der Waals surface area contributed by atoms with Crippen molar-refractivity contribution in [2.75, 3.05) is 10.6 Å². The molecule has 2 N–H and O–H groups in total. The molecule has 0 aromatic heterocycles. The molecule has 1 heterocycles. The van der Waals surface area contributed by atoms with Crippen LogP contribution in [0.15, 0.2) is 53.4 Å². The number of aryl methyl sites for hydroxylation is 1. The third-order valence-corrected chi connectivity index (χ3v) is 5.17. The molecule has 3 rings (SSSR count). The molecule has 23 heavy (non-hydrogen) atoms. The number of amides is 2. The van der Waals surface area contributed by atoms with Crippen LogP contribution in [0, 0.1) is 0 Å². The van der Waals surface area contributed by atoms with Crippen LogP contribution in [-0.4, -0.2) is 17.1 Å². The number of carbonyl (C=O) groups excluding carboxylic acids is 2. The van der Waals surface area contributed by atoms with Gasteiger partial charge >= 0.3 is 0 Å². The molecule has 0 radical (unpaired) electrons. The zero-order valence-corrected chi connectivity index (χ0v) is 13.7. The van der Waals surface area contributed by atoms with E-state index < -0.39 is 5.25 Å². The van der Waals surface area contributed by atoms with Crippen molar-refractivity contribution in [3.63, 3.8) is 0 Å². The summed E-state index contributed by atoms with van der Waals surface area (Å²) in [6.45, 7) is 2.07. The Kier molecular flexibility index (Phi) is 4.39. The summed E-state index contributed by atoms with van der Waals surface area (Å²) in [5.41, 5.74) is 8.37. The Balaban J connectivity index is 1.80. The van der Waals surface area contributed by atoms with E-state index in [0.717, 1.165) is 11.3 Å². The molecule has 1 aliphatic rings. The minimum atomic E-state index is -0.418. The minimum Gasteiger partial charge on any atom is -0.398 e. The molecule has 0 spiro atoms. The molecule has 5 heteroatoms. The second-order valence-electron chi connectivity index (χ2n) is 5.44. The Morgan fingerprint density at radius 3 is 2.48 bits per heavy atom. The van der Waals surface area contributed by atoms with Crippen LogP contribution in [0.4, 0.5) is 11.4 Å². The third-order valence-electron chi connectivity index (χ3n) is 3.90. The molecule has 118 valence electrons. The van der Waals surface area contributed by atoms with Gasteiger partial charge in [-0.2, -0.15) is 0 Å². The Morgan fingerprint density at radius 1 is 1.13 bits per heavy atom. The van der Waals surface area contributed by atoms with Gasteiger partial charge in [0.05, 0.1) is 10.9 Å². The molecular formula is C18H18N2O2S. The van der Waals surface area contributed by atoms with Gasteiger partial charge in [-0.1, -0.05) is 31.2 Å². The van der Waals surface area contributed by atoms with Crippen LogP contribution in [0.5, 0.6) is 0 Å². The molecule has 1 fully saturated rings. The molecule has 1 saturated heterocycles. The van der Waals surface area contributed by atoms with Crippen molar-refractivity contribution in [1.82, 2.24) is 0 Å². The van der Waals surface area contributed by atoms with Crippen LogP contribution in [0.1, 0.15) is 18.9 Å². The van der Waals surface area contributed by atoms with Crippen molar-refractivity contribution in [3.05, 3.63) is 54.1 Å². The molecule has 0 aliphatic carbocycles. The molecule has 0 bridgehead atoms. The van der Waals surface area contributed by atoms with Crippen LogP contribution >= 0.6 is 11.8 Å². The van der Waals surface area contributed by atoms with Crippen molar-refractivity contribution < 1.29 is 9.59 Å². The first-order valence-electron chi connectivity index (χ1n) is 7.57. The predicted octanol–water partition coefficient (Wildman–Crippen LogP) is 3.26. The summed E-state index contributed by atoms with van der Waals surface area (Å²) in [6.07, 6.45) is 1.13. The number of imide groups is 1. The maximum atomic E-state index is 12.6. The summed E-state index contributed by atoms with van der Waals surface area (Å²) in [5, 5.41) is -0.418. The SMILES string of the molecule is CCc1ccc(N2C(=O)C[C@H](Sc3ccccc3N)C2=O)cc1. The first-order chi connectivity index (χ1) is 11.1. The molecule has 4 nitrogen and oxygen atoms in total. The quantitative estimate of drug-likeness (QED) is 0.692. The lowest BCUT2D eigenvalue weighted by Gasteiger charge is -2.15. The number of nitrogen functional groups attached to an aromatic ring is 1. The Bertz CT molecular complexity index is 743. The molecule has 1 atom stereocenters. The molecule has 1 aliphatic heterocycles. The molecular weight excluding hydrogens is 308 g/mol. The molecule has 0 unspecified atom stereocenters. The van der Waals surface area contributed by atoms with Crippen LogP contribution in [0.25, 0.3) is 0 Å². The van der Waals surface area contributed by atoms with E-state index in [1.807, 2.05) is 42.5 Å². The smallest absolute Gasteiger partial charge is 0.247 e. The minimum absolute atomic E-state index is 0.161. The first-order valence-corrected chi connectivity index (χ1v) is 8.45. The lowest BCUT2D eigenvalue weighted by atomic mass is 10.1. The Hall–Kier alpha value is -2.27. The summed E-state index contributed by atoms with van der Waals surface area (Å²) in [7, 11) is 0. The summed E-state index contributed by atoms with van der Waals surface area (Å²) in [4.78, 5) is 27.0. The van der Waals surface area contributed by atoms with Crippen molar-refractivity contribution in [3.8, 4) is 0 Å². The molecule has 2 amide bonds. The fourth-order valence-corrected chi connectivity index (χ4v) is 3.69. The van der Waals surface area contributed by atoms with Crippen LogP contribution < -0.4 is 10.6 Å². The van der Waals surface area contributed by atoms with Gasteiger partial charge in [-0.3, -0.25) is 9.59 Å². The maximum Gasteiger partial charge on any atom is 0.247 e. The average Bonchev–Trinajstić information content (AvgIpc) is 2.84. The Morgan fingerprint density at radius 2 is 1.83 bits per heavy atom. The summed E-state index contributed by atoms with van der Waals surface area (Å²) >= 11 is 1.36. The topological polar surface area (TPSA) is 63.4 Å². The summed E-state index contributed by atoms with van der Waals surface area (Å²) in [6, 6.07) is 15.0. The number of nitrogens with two attached hydrogens (primary N) is 1. The number of thioether (sulfide) groups is 1. The van der Waals surface area contributed by atoms with Crippen molar-refractivity contribution >= 4 is 35.0 Å². The van der Waals surface area contributed by atoms with Crippen molar-refractivity contribution in [1.29, 1.82) is 0 Å². The second-order valence-corrected chi connectivity index (χ2v) is 6.68. The normalized spacial score (nSPS) is 17.8. The van der Waals surface area contributed by atoms with Gasteiger partial charge in [-0.05, 0) is 36.2 Å². The first kappa shape index (κ1) is 15.6. The highest BCUT2D eigenvalue weighted by molar-refractivity contribution is 8.00. The second kappa shape index (κ2) is 6.46. The van der Waals surface area contributed by atoms with Crippen molar-refractivity contribution in [2.45, 2.75) is 29.9 Å². The van der Waals surface area contributed by atoms with Gasteiger partial charge in [0.1, 0.15) is 0 Å². The summed E-state index contributed by atoms with van der Waals surface area (Å²) < 4.78 is 0. The fourth-order valence-electron chi connectivity index (χ4n) is 2.59. The van der Waals surface area contributed by atoms with Gasteiger partial charge < -0.3 is 5.73 Å².